The summed E-state index contributed by atoms with van der Waals surface area (Å²) in [6.07, 6.45) is 0.881. The molecule has 0 radical (unpaired) electrons. The lowest BCUT2D eigenvalue weighted by Gasteiger charge is -2.19. The Morgan fingerprint density at radius 1 is 1.35 bits per heavy atom. The van der Waals surface area contributed by atoms with E-state index in [2.05, 4.69) is 19.2 Å². The molecule has 0 fully saturated rings. The Morgan fingerprint density at radius 3 is 2.60 bits per heavy atom. The molecule has 0 spiro atoms. The highest BCUT2D eigenvalue weighted by Gasteiger charge is 2.13. The Labute approximate surface area is 121 Å². The minimum atomic E-state index is -0.124. The summed E-state index contributed by atoms with van der Waals surface area (Å²) < 4.78 is 5.55. The number of carbonyl (C=O) groups is 1. The summed E-state index contributed by atoms with van der Waals surface area (Å²) in [5.74, 6) is 1.13. The molecule has 0 aliphatic heterocycles. The van der Waals surface area contributed by atoms with Crippen LogP contribution >= 0.6 is 0 Å². The molecule has 3 N–H and O–H groups in total. The number of aryl methyl sites for hydroxylation is 2. The predicted molar refractivity (Wildman–Crippen MR) is 81.9 cm³/mol. The summed E-state index contributed by atoms with van der Waals surface area (Å²) in [4.78, 5) is 11.9. The summed E-state index contributed by atoms with van der Waals surface area (Å²) in [7, 11) is 0. The van der Waals surface area contributed by atoms with Crippen molar-refractivity contribution in [3.63, 3.8) is 0 Å². The molecule has 112 valence electrons. The fourth-order valence-corrected chi connectivity index (χ4v) is 2.16. The third-order valence-corrected chi connectivity index (χ3v) is 3.09. The summed E-state index contributed by atoms with van der Waals surface area (Å²) >= 11 is 0. The third-order valence-electron chi connectivity index (χ3n) is 3.09. The molecule has 1 aromatic carbocycles. The topological polar surface area (TPSA) is 64.3 Å². The smallest absolute Gasteiger partial charge is 0.258 e. The number of benzene rings is 1. The number of ether oxygens (including phenoxy) is 1. The van der Waals surface area contributed by atoms with Crippen molar-refractivity contribution >= 4 is 5.91 Å². The molecule has 0 aliphatic rings. The highest BCUT2D eigenvalue weighted by atomic mass is 16.5. The Balaban J connectivity index is 2.46. The van der Waals surface area contributed by atoms with Crippen molar-refractivity contribution in [3.05, 3.63) is 29.3 Å². The maximum Gasteiger partial charge on any atom is 0.258 e. The van der Waals surface area contributed by atoms with E-state index in [1.54, 1.807) is 0 Å². The second-order valence-electron chi connectivity index (χ2n) is 5.69. The average molecular weight is 278 g/mol. The zero-order chi connectivity index (χ0) is 15.1. The largest absolute Gasteiger partial charge is 0.484 e. The summed E-state index contributed by atoms with van der Waals surface area (Å²) in [6, 6.07) is 5.92. The zero-order valence-electron chi connectivity index (χ0n) is 12.9. The maximum atomic E-state index is 11.9. The van der Waals surface area contributed by atoms with Gasteiger partial charge in [-0.05, 0) is 37.8 Å². The van der Waals surface area contributed by atoms with Crippen molar-refractivity contribution in [2.75, 3.05) is 13.2 Å². The second-order valence-corrected chi connectivity index (χ2v) is 5.69. The first-order valence-electron chi connectivity index (χ1n) is 7.11. The lowest BCUT2D eigenvalue weighted by Crippen LogP contribution is -2.43. The molecular formula is C16H26N2O2. The molecular weight excluding hydrogens is 252 g/mol. The van der Waals surface area contributed by atoms with Gasteiger partial charge in [0.25, 0.3) is 5.91 Å². The summed E-state index contributed by atoms with van der Waals surface area (Å²) in [5.41, 5.74) is 7.88. The number of carbonyl (C=O) groups excluding carboxylic acids is 1. The Hall–Kier alpha value is -1.55. The number of nitrogens with one attached hydrogen (secondary N) is 1. The van der Waals surface area contributed by atoms with Crippen LogP contribution in [0.5, 0.6) is 5.75 Å². The van der Waals surface area contributed by atoms with E-state index in [0.717, 1.165) is 17.7 Å². The molecule has 1 unspecified atom stereocenters. The molecule has 0 saturated carbocycles. The minimum Gasteiger partial charge on any atom is -0.484 e. The van der Waals surface area contributed by atoms with Crippen LogP contribution in [0.15, 0.2) is 18.2 Å². The first-order valence-corrected chi connectivity index (χ1v) is 7.11. The number of hydrogen-bond donors (Lipinski definition) is 2. The standard InChI is InChI=1S/C16H26N2O2/c1-11(2)7-14(9-17)18-16(19)10-20-15-6-5-12(3)8-13(15)4/h5-6,8,11,14H,7,9-10,17H2,1-4H3,(H,18,19). The van der Waals surface area contributed by atoms with E-state index in [1.165, 1.54) is 5.56 Å². The predicted octanol–water partition coefficient (Wildman–Crippen LogP) is 2.17. The highest BCUT2D eigenvalue weighted by Crippen LogP contribution is 2.18. The first kappa shape index (κ1) is 16.5. The second kappa shape index (κ2) is 7.90. The van der Waals surface area contributed by atoms with Crippen molar-refractivity contribution in [2.24, 2.45) is 11.7 Å². The normalized spacial score (nSPS) is 12.3. The van der Waals surface area contributed by atoms with Crippen LogP contribution in [0.2, 0.25) is 0 Å². The lowest BCUT2D eigenvalue weighted by molar-refractivity contribution is -0.123. The average Bonchev–Trinajstić information content (AvgIpc) is 2.36. The monoisotopic (exact) mass is 278 g/mol. The molecule has 1 amide bonds. The SMILES string of the molecule is Cc1ccc(OCC(=O)NC(CN)CC(C)C)c(C)c1. The van der Waals surface area contributed by atoms with Gasteiger partial charge in [-0.1, -0.05) is 31.5 Å². The van der Waals surface area contributed by atoms with Crippen molar-refractivity contribution < 1.29 is 9.53 Å². The number of nitrogens with two attached hydrogens (primary N) is 1. The molecule has 0 aromatic heterocycles. The van der Waals surface area contributed by atoms with Gasteiger partial charge in [0.15, 0.2) is 6.61 Å². The van der Waals surface area contributed by atoms with Gasteiger partial charge in [-0.3, -0.25) is 4.79 Å². The number of rotatable bonds is 7. The quantitative estimate of drug-likeness (QED) is 0.803. The van der Waals surface area contributed by atoms with E-state index >= 15 is 0 Å². The lowest BCUT2D eigenvalue weighted by atomic mass is 10.0. The fourth-order valence-electron chi connectivity index (χ4n) is 2.16. The molecule has 1 aromatic rings. The van der Waals surface area contributed by atoms with E-state index in [1.807, 2.05) is 32.0 Å². The molecule has 4 nitrogen and oxygen atoms in total. The van der Waals surface area contributed by atoms with E-state index in [-0.39, 0.29) is 18.6 Å². The molecule has 1 rings (SSSR count). The van der Waals surface area contributed by atoms with Gasteiger partial charge >= 0.3 is 0 Å². The Bertz CT molecular complexity index is 444. The van der Waals surface area contributed by atoms with Gasteiger partial charge in [0.1, 0.15) is 5.75 Å². The molecule has 0 heterocycles. The third kappa shape index (κ3) is 5.61. The van der Waals surface area contributed by atoms with Crippen LogP contribution in [0.4, 0.5) is 0 Å². The van der Waals surface area contributed by atoms with E-state index in [9.17, 15) is 4.79 Å². The van der Waals surface area contributed by atoms with Crippen LogP contribution in [-0.2, 0) is 4.79 Å². The fraction of sp³-hybridized carbons (Fsp3) is 0.562. The van der Waals surface area contributed by atoms with Gasteiger partial charge in [-0.25, -0.2) is 0 Å². The van der Waals surface area contributed by atoms with Gasteiger partial charge in [-0.15, -0.1) is 0 Å². The van der Waals surface area contributed by atoms with Crippen LogP contribution in [0.25, 0.3) is 0 Å². The van der Waals surface area contributed by atoms with Gasteiger partial charge in [0.05, 0.1) is 0 Å². The minimum absolute atomic E-state index is 0.0187. The molecule has 0 bridgehead atoms. The van der Waals surface area contributed by atoms with Crippen LogP contribution in [0.1, 0.15) is 31.4 Å². The summed E-state index contributed by atoms with van der Waals surface area (Å²) in [5, 5.41) is 2.91. The number of amides is 1. The van der Waals surface area contributed by atoms with Crippen LogP contribution in [0, 0.1) is 19.8 Å². The van der Waals surface area contributed by atoms with Crippen molar-refractivity contribution in [1.29, 1.82) is 0 Å². The Morgan fingerprint density at radius 2 is 2.05 bits per heavy atom. The van der Waals surface area contributed by atoms with E-state index in [4.69, 9.17) is 10.5 Å². The molecule has 0 saturated heterocycles. The van der Waals surface area contributed by atoms with Crippen LogP contribution in [0.3, 0.4) is 0 Å². The van der Waals surface area contributed by atoms with Crippen LogP contribution < -0.4 is 15.8 Å². The highest BCUT2D eigenvalue weighted by molar-refractivity contribution is 5.77. The van der Waals surface area contributed by atoms with Crippen molar-refractivity contribution in [3.8, 4) is 5.75 Å². The summed E-state index contributed by atoms with van der Waals surface area (Å²) in [6.45, 7) is 8.71. The van der Waals surface area contributed by atoms with E-state index < -0.39 is 0 Å². The zero-order valence-corrected chi connectivity index (χ0v) is 12.9. The Kier molecular flexibility index (Phi) is 6.52. The van der Waals surface area contributed by atoms with Gasteiger partial charge in [0.2, 0.25) is 0 Å². The van der Waals surface area contributed by atoms with Gasteiger partial charge in [-0.2, -0.15) is 0 Å². The van der Waals surface area contributed by atoms with Crippen LogP contribution in [-0.4, -0.2) is 25.1 Å². The molecule has 1 atom stereocenters. The van der Waals surface area contributed by atoms with Gasteiger partial charge in [0, 0.05) is 12.6 Å². The number of hydrogen-bond acceptors (Lipinski definition) is 3. The van der Waals surface area contributed by atoms with Gasteiger partial charge < -0.3 is 15.8 Å². The first-order chi connectivity index (χ1) is 9.42. The van der Waals surface area contributed by atoms with Crippen molar-refractivity contribution in [2.45, 2.75) is 40.2 Å². The molecule has 0 aliphatic carbocycles. The maximum absolute atomic E-state index is 11.9. The molecule has 4 heteroatoms. The van der Waals surface area contributed by atoms with E-state index in [0.29, 0.717) is 12.5 Å². The molecule has 20 heavy (non-hydrogen) atoms. The van der Waals surface area contributed by atoms with Crippen molar-refractivity contribution in [1.82, 2.24) is 5.32 Å².